The van der Waals surface area contributed by atoms with E-state index >= 15 is 0 Å². The maximum absolute atomic E-state index is 10.8. The van der Waals surface area contributed by atoms with Crippen molar-refractivity contribution < 1.29 is 14.6 Å². The molecule has 2 aromatic rings. The van der Waals surface area contributed by atoms with Gasteiger partial charge in [0.1, 0.15) is 5.75 Å². The molecule has 2 rings (SSSR count). The van der Waals surface area contributed by atoms with E-state index in [4.69, 9.17) is 9.84 Å². The van der Waals surface area contributed by atoms with E-state index in [1.54, 1.807) is 18.2 Å². The monoisotopic (exact) mass is 307 g/mol. The molecule has 0 bridgehead atoms. The zero-order chi connectivity index (χ0) is 13.1. The van der Waals surface area contributed by atoms with Crippen LogP contribution >= 0.6 is 15.9 Å². The van der Waals surface area contributed by atoms with Gasteiger partial charge in [0.2, 0.25) is 5.88 Å². The topological polar surface area (TPSA) is 59.4 Å². The van der Waals surface area contributed by atoms with Gasteiger partial charge in [-0.25, -0.2) is 9.78 Å². The number of aryl methyl sites for hydroxylation is 1. The number of ether oxygens (including phenoxy) is 1. The quantitative estimate of drug-likeness (QED) is 0.940. The van der Waals surface area contributed by atoms with Crippen LogP contribution < -0.4 is 4.74 Å². The van der Waals surface area contributed by atoms with Crippen LogP contribution in [-0.4, -0.2) is 16.1 Å². The second-order valence-corrected chi connectivity index (χ2v) is 4.59. The van der Waals surface area contributed by atoms with Crippen molar-refractivity contribution in [3.8, 4) is 11.6 Å². The Morgan fingerprint density at radius 3 is 2.78 bits per heavy atom. The van der Waals surface area contributed by atoms with E-state index in [9.17, 15) is 4.79 Å². The minimum absolute atomic E-state index is 0.0396. The Bertz CT molecular complexity index is 599. The Morgan fingerprint density at radius 1 is 1.33 bits per heavy atom. The Morgan fingerprint density at radius 2 is 2.11 bits per heavy atom. The number of rotatable bonds is 3. The molecule has 0 fully saturated rings. The lowest BCUT2D eigenvalue weighted by molar-refractivity contribution is 0.0689. The van der Waals surface area contributed by atoms with Gasteiger partial charge in [0.05, 0.1) is 0 Å². The highest BCUT2D eigenvalue weighted by atomic mass is 79.9. The minimum Gasteiger partial charge on any atom is -0.477 e. The van der Waals surface area contributed by atoms with Crippen LogP contribution in [0.15, 0.2) is 40.9 Å². The summed E-state index contributed by atoms with van der Waals surface area (Å²) in [7, 11) is 0. The number of hydrogen-bond acceptors (Lipinski definition) is 3. The summed E-state index contributed by atoms with van der Waals surface area (Å²) in [5, 5.41) is 8.84. The fourth-order valence-corrected chi connectivity index (χ4v) is 1.91. The minimum atomic E-state index is -1.08. The molecule has 18 heavy (non-hydrogen) atoms. The summed E-state index contributed by atoms with van der Waals surface area (Å²) >= 11 is 3.36. The van der Waals surface area contributed by atoms with E-state index in [1.165, 1.54) is 6.07 Å². The number of aromatic nitrogens is 1. The first-order valence-electron chi connectivity index (χ1n) is 5.20. The molecule has 0 aliphatic carbocycles. The van der Waals surface area contributed by atoms with Gasteiger partial charge in [-0.3, -0.25) is 0 Å². The van der Waals surface area contributed by atoms with Crippen LogP contribution in [0.2, 0.25) is 0 Å². The molecule has 0 spiro atoms. The van der Waals surface area contributed by atoms with Gasteiger partial charge in [0.15, 0.2) is 5.69 Å². The molecule has 1 heterocycles. The van der Waals surface area contributed by atoms with Crippen LogP contribution in [0, 0.1) is 6.92 Å². The molecular formula is C13H10BrNO3. The average Bonchev–Trinajstić information content (AvgIpc) is 2.33. The van der Waals surface area contributed by atoms with E-state index in [0.717, 1.165) is 10.0 Å². The van der Waals surface area contributed by atoms with Gasteiger partial charge >= 0.3 is 5.97 Å². The molecule has 1 N–H and O–H groups in total. The van der Waals surface area contributed by atoms with E-state index < -0.39 is 5.97 Å². The van der Waals surface area contributed by atoms with Gasteiger partial charge in [-0.2, -0.15) is 0 Å². The van der Waals surface area contributed by atoms with Gasteiger partial charge < -0.3 is 9.84 Å². The first kappa shape index (κ1) is 12.6. The van der Waals surface area contributed by atoms with Crippen molar-refractivity contribution in [2.75, 3.05) is 0 Å². The van der Waals surface area contributed by atoms with Crippen molar-refractivity contribution in [1.82, 2.24) is 4.98 Å². The van der Waals surface area contributed by atoms with E-state index in [2.05, 4.69) is 20.9 Å². The molecular weight excluding hydrogens is 298 g/mol. The van der Waals surface area contributed by atoms with Crippen molar-refractivity contribution in [1.29, 1.82) is 0 Å². The van der Waals surface area contributed by atoms with E-state index in [0.29, 0.717) is 5.75 Å². The molecule has 0 atom stereocenters. The number of halogens is 1. The summed E-state index contributed by atoms with van der Waals surface area (Å²) in [5.41, 5.74) is 0.897. The van der Waals surface area contributed by atoms with Gasteiger partial charge in [-0.1, -0.05) is 22.0 Å². The van der Waals surface area contributed by atoms with Gasteiger partial charge in [-0.05, 0) is 36.8 Å². The second kappa shape index (κ2) is 5.18. The molecule has 0 unspecified atom stereocenters. The van der Waals surface area contributed by atoms with Crippen molar-refractivity contribution in [3.05, 3.63) is 52.1 Å². The van der Waals surface area contributed by atoms with Crippen molar-refractivity contribution in [3.63, 3.8) is 0 Å². The maximum Gasteiger partial charge on any atom is 0.354 e. The Labute approximate surface area is 112 Å². The van der Waals surface area contributed by atoms with Gasteiger partial charge in [0, 0.05) is 10.5 Å². The van der Waals surface area contributed by atoms with Crippen LogP contribution in [-0.2, 0) is 0 Å². The standard InChI is InChI=1S/C13H10BrNO3/c1-8-7-9(14)5-6-11(8)18-12-4-2-3-10(15-12)13(16)17/h2-7H,1H3,(H,16,17). The lowest BCUT2D eigenvalue weighted by atomic mass is 10.2. The zero-order valence-corrected chi connectivity index (χ0v) is 11.1. The third-order valence-corrected chi connectivity index (χ3v) is 2.79. The van der Waals surface area contributed by atoms with Crippen molar-refractivity contribution >= 4 is 21.9 Å². The Kier molecular flexibility index (Phi) is 3.62. The highest BCUT2D eigenvalue weighted by Gasteiger charge is 2.07. The number of aromatic carboxylic acids is 1. The zero-order valence-electron chi connectivity index (χ0n) is 9.55. The Balaban J connectivity index is 2.28. The highest BCUT2D eigenvalue weighted by Crippen LogP contribution is 2.26. The number of carboxylic acids is 1. The van der Waals surface area contributed by atoms with Crippen LogP contribution in [0.25, 0.3) is 0 Å². The molecule has 0 saturated carbocycles. The molecule has 1 aromatic heterocycles. The summed E-state index contributed by atoms with van der Waals surface area (Å²) in [6.45, 7) is 1.90. The van der Waals surface area contributed by atoms with Crippen LogP contribution in [0.1, 0.15) is 16.1 Å². The lowest BCUT2D eigenvalue weighted by Gasteiger charge is -2.08. The largest absolute Gasteiger partial charge is 0.477 e. The maximum atomic E-state index is 10.8. The van der Waals surface area contributed by atoms with E-state index in [1.807, 2.05) is 19.1 Å². The number of carboxylic acid groups (broad SMARTS) is 1. The number of nitrogens with zero attached hydrogens (tertiary/aromatic N) is 1. The van der Waals surface area contributed by atoms with Gasteiger partial charge in [0.25, 0.3) is 0 Å². The SMILES string of the molecule is Cc1cc(Br)ccc1Oc1cccc(C(=O)O)n1. The first-order valence-corrected chi connectivity index (χ1v) is 6.00. The Hall–Kier alpha value is -1.88. The lowest BCUT2D eigenvalue weighted by Crippen LogP contribution is -2.01. The predicted octanol–water partition coefficient (Wildman–Crippen LogP) is 3.64. The normalized spacial score (nSPS) is 10.1. The molecule has 0 aliphatic heterocycles. The van der Waals surface area contributed by atoms with Crippen molar-refractivity contribution in [2.45, 2.75) is 6.92 Å². The first-order chi connectivity index (χ1) is 8.56. The third-order valence-electron chi connectivity index (χ3n) is 2.29. The third kappa shape index (κ3) is 2.87. The highest BCUT2D eigenvalue weighted by molar-refractivity contribution is 9.10. The molecule has 92 valence electrons. The molecule has 5 heteroatoms. The van der Waals surface area contributed by atoms with Crippen LogP contribution in [0.4, 0.5) is 0 Å². The predicted molar refractivity (Wildman–Crippen MR) is 70.1 cm³/mol. The molecule has 1 aromatic carbocycles. The molecule has 0 amide bonds. The van der Waals surface area contributed by atoms with Crippen LogP contribution in [0.3, 0.4) is 0 Å². The van der Waals surface area contributed by atoms with Crippen molar-refractivity contribution in [2.24, 2.45) is 0 Å². The smallest absolute Gasteiger partial charge is 0.354 e. The number of carbonyl (C=O) groups is 1. The molecule has 0 radical (unpaired) electrons. The summed E-state index contributed by atoms with van der Waals surface area (Å²) in [6, 6.07) is 10.2. The fraction of sp³-hybridized carbons (Fsp3) is 0.0769. The van der Waals surface area contributed by atoms with Crippen LogP contribution in [0.5, 0.6) is 11.6 Å². The molecule has 0 aliphatic rings. The summed E-state index contributed by atoms with van der Waals surface area (Å²) < 4.78 is 6.52. The number of benzene rings is 1. The summed E-state index contributed by atoms with van der Waals surface area (Å²) in [4.78, 5) is 14.7. The summed E-state index contributed by atoms with van der Waals surface area (Å²) in [6.07, 6.45) is 0. The second-order valence-electron chi connectivity index (χ2n) is 3.68. The average molecular weight is 308 g/mol. The fourth-order valence-electron chi connectivity index (χ4n) is 1.43. The number of pyridine rings is 1. The molecule has 0 saturated heterocycles. The van der Waals surface area contributed by atoms with E-state index in [-0.39, 0.29) is 11.6 Å². The molecule has 4 nitrogen and oxygen atoms in total. The van der Waals surface area contributed by atoms with Gasteiger partial charge in [-0.15, -0.1) is 0 Å². The number of hydrogen-bond donors (Lipinski definition) is 1. The summed E-state index contributed by atoms with van der Waals surface area (Å²) in [5.74, 6) is -0.165.